The first-order chi connectivity index (χ1) is 15.2. The first kappa shape index (κ1) is 21.9. The van der Waals surface area contributed by atoms with Crippen LogP contribution in [0.3, 0.4) is 0 Å². The quantitative estimate of drug-likeness (QED) is 0.261. The van der Waals surface area contributed by atoms with E-state index in [0.29, 0.717) is 5.56 Å². The Morgan fingerprint density at radius 1 is 0.938 bits per heavy atom. The van der Waals surface area contributed by atoms with Gasteiger partial charge in [-0.2, -0.15) is 0 Å². The molecule has 0 spiro atoms. The third-order valence-corrected chi connectivity index (χ3v) is 5.19. The molecule has 5 atom stereocenters. The molecule has 0 radical (unpaired) electrons. The summed E-state index contributed by atoms with van der Waals surface area (Å²) in [5.41, 5.74) is -0.893. The zero-order chi connectivity index (χ0) is 23.2. The second-order valence-corrected chi connectivity index (χ2v) is 7.24. The van der Waals surface area contributed by atoms with Crippen molar-refractivity contribution in [2.45, 2.75) is 30.7 Å². The van der Waals surface area contributed by atoms with Crippen molar-refractivity contribution in [3.05, 3.63) is 46.6 Å². The Kier molecular flexibility index (Phi) is 5.67. The normalized spacial score (nSPS) is 25.7. The molecule has 170 valence electrons. The molecule has 1 fully saturated rings. The van der Waals surface area contributed by atoms with Gasteiger partial charge in [-0.15, -0.1) is 0 Å². The summed E-state index contributed by atoms with van der Waals surface area (Å²) in [6.45, 7) is -0.712. The molecule has 2 aromatic carbocycles. The predicted molar refractivity (Wildman–Crippen MR) is 107 cm³/mol. The van der Waals surface area contributed by atoms with E-state index >= 15 is 0 Å². The lowest BCUT2D eigenvalue weighted by atomic mass is 9.99. The fraction of sp³-hybridized carbons (Fsp3) is 0.286. The van der Waals surface area contributed by atoms with E-state index in [1.165, 1.54) is 0 Å². The van der Waals surface area contributed by atoms with Gasteiger partial charge in [0.2, 0.25) is 23.2 Å². The van der Waals surface area contributed by atoms with Gasteiger partial charge in [0.15, 0.2) is 17.3 Å². The van der Waals surface area contributed by atoms with Crippen LogP contribution >= 0.6 is 0 Å². The monoisotopic (exact) mass is 448 g/mol. The third kappa shape index (κ3) is 3.51. The van der Waals surface area contributed by atoms with Crippen LogP contribution in [-0.2, 0) is 4.74 Å². The SMILES string of the molecule is O=c1c(O[C@@H]2O[C@H](CO)[C@@H](O)[C@H](O)[C@H]2O)c(-c2ccccc2)oc2cc(O)c(O)c(O)c12. The Morgan fingerprint density at radius 2 is 1.62 bits per heavy atom. The fourth-order valence-electron chi connectivity index (χ4n) is 3.46. The number of ether oxygens (including phenoxy) is 2. The zero-order valence-electron chi connectivity index (χ0n) is 16.3. The largest absolute Gasteiger partial charge is 0.504 e. The second kappa shape index (κ2) is 8.30. The summed E-state index contributed by atoms with van der Waals surface area (Å²) in [4.78, 5) is 13.2. The van der Waals surface area contributed by atoms with E-state index < -0.39 is 71.1 Å². The highest BCUT2D eigenvalue weighted by molar-refractivity contribution is 5.91. The molecule has 0 unspecified atom stereocenters. The van der Waals surface area contributed by atoms with E-state index in [2.05, 4.69) is 0 Å². The van der Waals surface area contributed by atoms with Crippen molar-refractivity contribution < 1.29 is 49.6 Å². The smallest absolute Gasteiger partial charge is 0.239 e. The van der Waals surface area contributed by atoms with Crippen molar-refractivity contribution >= 4 is 11.0 Å². The molecule has 1 aliphatic rings. The second-order valence-electron chi connectivity index (χ2n) is 7.24. The lowest BCUT2D eigenvalue weighted by Crippen LogP contribution is -2.60. The average Bonchev–Trinajstić information content (AvgIpc) is 2.79. The molecule has 0 aliphatic carbocycles. The van der Waals surface area contributed by atoms with Gasteiger partial charge < -0.3 is 49.6 Å². The van der Waals surface area contributed by atoms with Gasteiger partial charge in [0.25, 0.3) is 0 Å². The van der Waals surface area contributed by atoms with E-state index in [0.717, 1.165) is 6.07 Å². The van der Waals surface area contributed by atoms with E-state index in [1.807, 2.05) is 0 Å². The first-order valence-corrected chi connectivity index (χ1v) is 9.51. The number of fused-ring (bicyclic) bond motifs is 1. The van der Waals surface area contributed by atoms with Crippen LogP contribution in [0.2, 0.25) is 0 Å². The Morgan fingerprint density at radius 3 is 2.28 bits per heavy atom. The van der Waals surface area contributed by atoms with Crippen molar-refractivity contribution in [2.24, 2.45) is 0 Å². The van der Waals surface area contributed by atoms with Gasteiger partial charge in [-0.05, 0) is 0 Å². The maximum Gasteiger partial charge on any atom is 0.239 e. The lowest BCUT2D eigenvalue weighted by molar-refractivity contribution is -0.277. The molecule has 4 rings (SSSR count). The summed E-state index contributed by atoms with van der Waals surface area (Å²) in [5.74, 6) is -3.33. The summed E-state index contributed by atoms with van der Waals surface area (Å²) >= 11 is 0. The number of phenols is 3. The number of hydrogen-bond acceptors (Lipinski definition) is 11. The van der Waals surface area contributed by atoms with E-state index in [9.17, 15) is 40.5 Å². The van der Waals surface area contributed by atoms with Gasteiger partial charge >= 0.3 is 0 Å². The van der Waals surface area contributed by atoms with E-state index in [1.54, 1.807) is 30.3 Å². The minimum absolute atomic E-state index is 0.162. The molecule has 11 heteroatoms. The molecular formula is C21H20O11. The molecule has 1 aliphatic heterocycles. The molecule has 0 amide bonds. The topological polar surface area (TPSA) is 190 Å². The highest BCUT2D eigenvalue weighted by atomic mass is 16.7. The van der Waals surface area contributed by atoms with Crippen LogP contribution in [0.15, 0.2) is 45.6 Å². The number of rotatable bonds is 4. The average molecular weight is 448 g/mol. The summed E-state index contributed by atoms with van der Waals surface area (Å²) in [6.07, 6.45) is -8.21. The van der Waals surface area contributed by atoms with Crippen LogP contribution < -0.4 is 10.2 Å². The highest BCUT2D eigenvalue weighted by Crippen LogP contribution is 2.42. The summed E-state index contributed by atoms with van der Waals surface area (Å²) < 4.78 is 16.6. The Labute approximate surface area is 179 Å². The summed E-state index contributed by atoms with van der Waals surface area (Å²) in [7, 11) is 0. The molecule has 11 nitrogen and oxygen atoms in total. The molecule has 3 aromatic rings. The van der Waals surface area contributed by atoms with Gasteiger partial charge in [0, 0.05) is 11.6 Å². The maximum atomic E-state index is 13.2. The number of aromatic hydroxyl groups is 3. The lowest BCUT2D eigenvalue weighted by Gasteiger charge is -2.39. The summed E-state index contributed by atoms with van der Waals surface area (Å²) in [6, 6.07) is 9.08. The molecule has 0 saturated carbocycles. The molecule has 7 N–H and O–H groups in total. The summed E-state index contributed by atoms with van der Waals surface area (Å²) in [5, 5.41) is 68.9. The van der Waals surface area contributed by atoms with E-state index in [-0.39, 0.29) is 11.3 Å². The molecule has 1 saturated heterocycles. The standard InChI is InChI=1S/C21H20O11/c22-7-11-14(25)17(28)18(29)21(31-11)32-20-16(27)12-10(6-9(23)13(24)15(12)26)30-19(20)8-4-2-1-3-5-8/h1-6,11,14,17-18,21-26,28-29H,7H2/t11-,14-,17+,18-,21+/m1/s1. The minimum Gasteiger partial charge on any atom is -0.504 e. The molecule has 0 bridgehead atoms. The van der Waals surface area contributed by atoms with Crippen LogP contribution in [0.25, 0.3) is 22.3 Å². The van der Waals surface area contributed by atoms with Crippen LogP contribution in [0.4, 0.5) is 0 Å². The van der Waals surface area contributed by atoms with Gasteiger partial charge in [0.1, 0.15) is 35.4 Å². The third-order valence-electron chi connectivity index (χ3n) is 5.19. The molecule has 2 heterocycles. The van der Waals surface area contributed by atoms with Gasteiger partial charge in [-0.1, -0.05) is 30.3 Å². The van der Waals surface area contributed by atoms with Crippen molar-refractivity contribution in [3.63, 3.8) is 0 Å². The zero-order valence-corrected chi connectivity index (χ0v) is 16.3. The fourth-order valence-corrected chi connectivity index (χ4v) is 3.46. The predicted octanol–water partition coefficient (Wildman–Crippen LogP) is -0.244. The minimum atomic E-state index is -1.81. The Bertz CT molecular complexity index is 1190. The van der Waals surface area contributed by atoms with Gasteiger partial charge in [-0.25, -0.2) is 0 Å². The first-order valence-electron chi connectivity index (χ1n) is 9.51. The Balaban J connectivity index is 1.91. The molecule has 32 heavy (non-hydrogen) atoms. The maximum absolute atomic E-state index is 13.2. The Hall–Kier alpha value is -3.35. The highest BCUT2D eigenvalue weighted by Gasteiger charge is 2.45. The van der Waals surface area contributed by atoms with Crippen molar-refractivity contribution in [1.82, 2.24) is 0 Å². The van der Waals surface area contributed by atoms with Crippen LogP contribution in [-0.4, -0.2) is 73.1 Å². The van der Waals surface area contributed by atoms with Crippen LogP contribution in [0.5, 0.6) is 23.0 Å². The van der Waals surface area contributed by atoms with Gasteiger partial charge in [0.05, 0.1) is 6.61 Å². The van der Waals surface area contributed by atoms with Crippen molar-refractivity contribution in [1.29, 1.82) is 0 Å². The van der Waals surface area contributed by atoms with Gasteiger partial charge in [-0.3, -0.25) is 4.79 Å². The number of hydrogen-bond donors (Lipinski definition) is 7. The molecule has 1 aromatic heterocycles. The number of benzene rings is 2. The van der Waals surface area contributed by atoms with Crippen molar-refractivity contribution in [2.75, 3.05) is 6.61 Å². The van der Waals surface area contributed by atoms with E-state index in [4.69, 9.17) is 13.9 Å². The van der Waals surface area contributed by atoms with Crippen LogP contribution in [0.1, 0.15) is 0 Å². The number of phenolic OH excluding ortho intramolecular Hbond substituents is 3. The van der Waals surface area contributed by atoms with Crippen molar-refractivity contribution in [3.8, 4) is 34.3 Å². The number of aliphatic hydroxyl groups is 4. The number of aliphatic hydroxyl groups excluding tert-OH is 4. The molecular weight excluding hydrogens is 428 g/mol. The van der Waals surface area contributed by atoms with Crippen LogP contribution in [0, 0.1) is 0 Å².